The molecule has 0 aromatic heterocycles. The molecule has 0 bridgehead atoms. The van der Waals surface area contributed by atoms with Crippen molar-refractivity contribution in [3.8, 4) is 11.5 Å². The quantitative estimate of drug-likeness (QED) is 0.797. The molecule has 0 aliphatic carbocycles. The van der Waals surface area contributed by atoms with Crippen molar-refractivity contribution in [1.82, 2.24) is 10.6 Å². The molecule has 0 fully saturated rings. The molecule has 0 atom stereocenters. The zero-order valence-corrected chi connectivity index (χ0v) is 11.9. The van der Waals surface area contributed by atoms with Gasteiger partial charge in [-0.05, 0) is 25.1 Å². The lowest BCUT2D eigenvalue weighted by molar-refractivity contribution is 0.0953. The van der Waals surface area contributed by atoms with Gasteiger partial charge < -0.3 is 20.1 Å². The monoisotopic (exact) mass is 276 g/mol. The summed E-state index contributed by atoms with van der Waals surface area (Å²) in [5.74, 6) is 0.869. The third-order valence-corrected chi connectivity index (χ3v) is 3.28. The number of hydrogen-bond acceptors (Lipinski definition) is 4. The van der Waals surface area contributed by atoms with Gasteiger partial charge in [0.1, 0.15) is 0 Å². The molecule has 0 radical (unpaired) electrons. The van der Waals surface area contributed by atoms with Gasteiger partial charge in [0.2, 0.25) is 0 Å². The van der Waals surface area contributed by atoms with Gasteiger partial charge in [-0.1, -0.05) is 17.7 Å². The fraction of sp³-hybridized carbons (Fsp3) is 0.400. The molecule has 0 saturated carbocycles. The summed E-state index contributed by atoms with van der Waals surface area (Å²) in [7, 11) is 3.09. The number of amides is 1. The third-order valence-electron chi connectivity index (χ3n) is 3.28. The smallest absolute Gasteiger partial charge is 0.255 e. The lowest BCUT2D eigenvalue weighted by atomic mass is 10.1. The van der Waals surface area contributed by atoms with Crippen molar-refractivity contribution in [2.24, 2.45) is 0 Å². The van der Waals surface area contributed by atoms with Gasteiger partial charge in [-0.2, -0.15) is 0 Å². The molecule has 2 rings (SSSR count). The fourth-order valence-corrected chi connectivity index (χ4v) is 2.19. The Hall–Kier alpha value is -2.01. The molecule has 1 amide bonds. The van der Waals surface area contributed by atoms with Crippen molar-refractivity contribution in [2.75, 3.05) is 33.9 Å². The first kappa shape index (κ1) is 14.4. The van der Waals surface area contributed by atoms with Gasteiger partial charge >= 0.3 is 0 Å². The Morgan fingerprint density at radius 1 is 1.35 bits per heavy atom. The molecule has 2 N–H and O–H groups in total. The van der Waals surface area contributed by atoms with E-state index in [4.69, 9.17) is 9.47 Å². The summed E-state index contributed by atoms with van der Waals surface area (Å²) in [5, 5.41) is 6.17. The van der Waals surface area contributed by atoms with Crippen molar-refractivity contribution in [3.63, 3.8) is 0 Å². The molecular weight excluding hydrogens is 256 g/mol. The summed E-state index contributed by atoms with van der Waals surface area (Å²) >= 11 is 0. The van der Waals surface area contributed by atoms with Crippen LogP contribution in [-0.2, 0) is 0 Å². The van der Waals surface area contributed by atoms with E-state index in [0.717, 1.165) is 19.5 Å². The van der Waals surface area contributed by atoms with Gasteiger partial charge in [0, 0.05) is 13.1 Å². The van der Waals surface area contributed by atoms with Crippen LogP contribution < -0.4 is 20.1 Å². The highest BCUT2D eigenvalue weighted by Crippen LogP contribution is 2.30. The maximum Gasteiger partial charge on any atom is 0.255 e. The second-order valence-electron chi connectivity index (χ2n) is 4.54. The Kier molecular flexibility index (Phi) is 5.01. The zero-order chi connectivity index (χ0) is 14.4. The van der Waals surface area contributed by atoms with E-state index < -0.39 is 0 Å². The summed E-state index contributed by atoms with van der Waals surface area (Å²) in [6.45, 7) is 2.40. The highest BCUT2D eigenvalue weighted by molar-refractivity contribution is 5.97. The molecule has 0 unspecified atom stereocenters. The van der Waals surface area contributed by atoms with Crippen LogP contribution in [0.2, 0.25) is 0 Å². The van der Waals surface area contributed by atoms with Crippen LogP contribution in [0.1, 0.15) is 16.8 Å². The first-order valence-electron chi connectivity index (χ1n) is 6.64. The van der Waals surface area contributed by atoms with Gasteiger partial charge in [-0.3, -0.25) is 4.79 Å². The molecule has 1 aromatic rings. The molecule has 1 aliphatic rings. The maximum atomic E-state index is 12.2. The minimum Gasteiger partial charge on any atom is -0.493 e. The molecular formula is C15H20N2O3. The zero-order valence-electron chi connectivity index (χ0n) is 11.9. The molecule has 5 nitrogen and oxygen atoms in total. The molecule has 0 spiro atoms. The number of methoxy groups -OCH3 is 2. The van der Waals surface area contributed by atoms with Crippen molar-refractivity contribution >= 4 is 5.91 Å². The van der Waals surface area contributed by atoms with Crippen LogP contribution in [0.4, 0.5) is 0 Å². The summed E-state index contributed by atoms with van der Waals surface area (Å²) in [5.41, 5.74) is 1.74. The lowest BCUT2D eigenvalue weighted by Gasteiger charge is -2.16. The minimum atomic E-state index is -0.153. The molecule has 5 heteroatoms. The van der Waals surface area contributed by atoms with Crippen LogP contribution >= 0.6 is 0 Å². The standard InChI is InChI=1S/C15H20N2O3/c1-19-13-5-3-4-12(14(13)20-2)15(18)17-10-11-6-8-16-9-7-11/h3-6,16H,7-10H2,1-2H3,(H,17,18). The van der Waals surface area contributed by atoms with E-state index in [1.807, 2.05) is 0 Å². The maximum absolute atomic E-state index is 12.2. The topological polar surface area (TPSA) is 59.6 Å². The van der Waals surface area contributed by atoms with Crippen LogP contribution in [0.5, 0.6) is 11.5 Å². The van der Waals surface area contributed by atoms with E-state index in [1.165, 1.54) is 12.7 Å². The SMILES string of the molecule is COc1cccc(C(=O)NCC2=CCNCC2)c1OC. The van der Waals surface area contributed by atoms with E-state index in [9.17, 15) is 4.79 Å². The molecule has 108 valence electrons. The van der Waals surface area contributed by atoms with Crippen LogP contribution in [0.25, 0.3) is 0 Å². The second kappa shape index (κ2) is 6.96. The van der Waals surface area contributed by atoms with E-state index in [-0.39, 0.29) is 5.91 Å². The number of benzene rings is 1. The Morgan fingerprint density at radius 3 is 2.85 bits per heavy atom. The van der Waals surface area contributed by atoms with Gasteiger partial charge in [0.25, 0.3) is 5.91 Å². The van der Waals surface area contributed by atoms with Crippen LogP contribution in [0.15, 0.2) is 29.8 Å². The number of nitrogens with one attached hydrogen (secondary N) is 2. The average molecular weight is 276 g/mol. The highest BCUT2D eigenvalue weighted by atomic mass is 16.5. The normalized spacial score (nSPS) is 14.4. The molecule has 1 aromatic carbocycles. The number of para-hydroxylation sites is 1. The lowest BCUT2D eigenvalue weighted by Crippen LogP contribution is -2.29. The highest BCUT2D eigenvalue weighted by Gasteiger charge is 2.16. The molecule has 0 saturated heterocycles. The largest absolute Gasteiger partial charge is 0.493 e. The van der Waals surface area contributed by atoms with Crippen molar-refractivity contribution in [1.29, 1.82) is 0 Å². The van der Waals surface area contributed by atoms with E-state index >= 15 is 0 Å². The first-order chi connectivity index (χ1) is 9.76. The number of carbonyl (C=O) groups is 1. The Balaban J connectivity index is 2.07. The number of carbonyl (C=O) groups excluding carboxylic acids is 1. The average Bonchev–Trinajstić information content (AvgIpc) is 2.52. The van der Waals surface area contributed by atoms with Crippen molar-refractivity contribution in [3.05, 3.63) is 35.4 Å². The van der Waals surface area contributed by atoms with Crippen LogP contribution in [-0.4, -0.2) is 39.8 Å². The summed E-state index contributed by atoms with van der Waals surface area (Å²) in [6, 6.07) is 5.28. The van der Waals surface area contributed by atoms with Crippen molar-refractivity contribution in [2.45, 2.75) is 6.42 Å². The van der Waals surface area contributed by atoms with Crippen molar-refractivity contribution < 1.29 is 14.3 Å². The van der Waals surface area contributed by atoms with Crippen LogP contribution in [0.3, 0.4) is 0 Å². The summed E-state index contributed by atoms with van der Waals surface area (Å²) in [4.78, 5) is 12.2. The van der Waals surface area contributed by atoms with Gasteiger partial charge in [-0.25, -0.2) is 0 Å². The Bertz CT molecular complexity index is 512. The van der Waals surface area contributed by atoms with Gasteiger partial charge in [-0.15, -0.1) is 0 Å². The summed E-state index contributed by atoms with van der Waals surface area (Å²) in [6.07, 6.45) is 3.09. The second-order valence-corrected chi connectivity index (χ2v) is 4.54. The fourth-order valence-electron chi connectivity index (χ4n) is 2.19. The molecule has 20 heavy (non-hydrogen) atoms. The first-order valence-corrected chi connectivity index (χ1v) is 6.64. The number of ether oxygens (including phenoxy) is 2. The Morgan fingerprint density at radius 2 is 2.20 bits per heavy atom. The molecule has 1 aliphatic heterocycles. The van der Waals surface area contributed by atoms with Gasteiger partial charge in [0.15, 0.2) is 11.5 Å². The molecule has 1 heterocycles. The van der Waals surface area contributed by atoms with Gasteiger partial charge in [0.05, 0.1) is 19.8 Å². The van der Waals surface area contributed by atoms with E-state index in [0.29, 0.717) is 23.6 Å². The minimum absolute atomic E-state index is 0.153. The third kappa shape index (κ3) is 3.30. The van der Waals surface area contributed by atoms with E-state index in [2.05, 4.69) is 16.7 Å². The number of hydrogen-bond donors (Lipinski definition) is 2. The predicted molar refractivity (Wildman–Crippen MR) is 77.4 cm³/mol. The summed E-state index contributed by atoms with van der Waals surface area (Å²) < 4.78 is 10.5. The number of rotatable bonds is 5. The predicted octanol–water partition coefficient (Wildman–Crippen LogP) is 1.35. The Labute approximate surface area is 119 Å². The van der Waals surface area contributed by atoms with E-state index in [1.54, 1.807) is 25.3 Å². The van der Waals surface area contributed by atoms with Crippen LogP contribution in [0, 0.1) is 0 Å².